The average molecular weight is 190 g/mol. The van der Waals surface area contributed by atoms with Gasteiger partial charge in [0.1, 0.15) is 6.17 Å². The molecule has 0 radical (unpaired) electrons. The molecular formula is C12H12FN. The molecule has 0 saturated carbocycles. The van der Waals surface area contributed by atoms with Crippen LogP contribution in [0.25, 0.3) is 0 Å². The molecule has 1 aromatic rings. The highest BCUT2D eigenvalue weighted by molar-refractivity contribution is 5.36. The Bertz CT molecular complexity index is 439. The molecule has 14 heavy (non-hydrogen) atoms. The van der Waals surface area contributed by atoms with Crippen molar-refractivity contribution in [1.82, 2.24) is 5.32 Å². The van der Waals surface area contributed by atoms with Crippen molar-refractivity contribution < 1.29 is 7.13 Å². The molecule has 1 aromatic carbocycles. The molecular weight excluding hydrogens is 176 g/mol. The van der Waals surface area contributed by atoms with E-state index in [9.17, 15) is 4.39 Å². The number of hydrogen-bond acceptors (Lipinski definition) is 1. The first-order valence-electron chi connectivity index (χ1n) is 5.51. The van der Waals surface area contributed by atoms with Gasteiger partial charge in [-0.3, -0.25) is 5.32 Å². The van der Waals surface area contributed by atoms with Gasteiger partial charge in [-0.1, -0.05) is 30.2 Å². The van der Waals surface area contributed by atoms with Crippen molar-refractivity contribution in [3.05, 3.63) is 35.4 Å². The molecule has 0 heterocycles. The minimum absolute atomic E-state index is 0.314. The molecule has 0 aliphatic heterocycles. The Balaban J connectivity index is 2.27. The van der Waals surface area contributed by atoms with Crippen LogP contribution < -0.4 is 5.32 Å². The van der Waals surface area contributed by atoms with E-state index in [0.29, 0.717) is 6.42 Å². The van der Waals surface area contributed by atoms with Crippen LogP contribution in [0.3, 0.4) is 0 Å². The summed E-state index contributed by atoms with van der Waals surface area (Å²) < 4.78 is 28.6. The molecule has 2 unspecified atom stereocenters. The van der Waals surface area contributed by atoms with E-state index >= 15 is 0 Å². The Morgan fingerprint density at radius 1 is 1.64 bits per heavy atom. The van der Waals surface area contributed by atoms with Crippen LogP contribution in [-0.4, -0.2) is 12.7 Å². The molecule has 0 amide bonds. The maximum absolute atomic E-state index is 13.7. The lowest BCUT2D eigenvalue weighted by Crippen LogP contribution is -2.26. The second-order valence-corrected chi connectivity index (χ2v) is 3.31. The van der Waals surface area contributed by atoms with E-state index in [2.05, 4.69) is 5.32 Å². The Morgan fingerprint density at radius 3 is 3.21 bits per heavy atom. The van der Waals surface area contributed by atoms with Crippen molar-refractivity contribution in [2.24, 2.45) is 0 Å². The van der Waals surface area contributed by atoms with Crippen molar-refractivity contribution >= 4 is 0 Å². The van der Waals surface area contributed by atoms with Gasteiger partial charge in [0.2, 0.25) is 0 Å². The van der Waals surface area contributed by atoms with Crippen molar-refractivity contribution in [3.8, 4) is 12.3 Å². The Morgan fingerprint density at radius 2 is 2.43 bits per heavy atom. The van der Waals surface area contributed by atoms with Gasteiger partial charge in [0.15, 0.2) is 0 Å². The molecule has 2 heteroatoms. The van der Waals surface area contributed by atoms with Crippen LogP contribution in [0, 0.1) is 12.3 Å². The van der Waals surface area contributed by atoms with Crippen LogP contribution in [-0.2, 0) is 6.42 Å². The van der Waals surface area contributed by atoms with Crippen LogP contribution >= 0.6 is 0 Å². The largest absolute Gasteiger partial charge is 0.297 e. The highest BCUT2D eigenvalue weighted by Crippen LogP contribution is 2.32. The molecule has 0 bridgehead atoms. The summed E-state index contributed by atoms with van der Waals surface area (Å²) in [5.74, 6) is 1.98. The normalized spacial score (nSPS) is 27.4. The van der Waals surface area contributed by atoms with Crippen LogP contribution in [0.4, 0.5) is 4.39 Å². The molecule has 1 N–H and O–H groups in total. The fourth-order valence-corrected chi connectivity index (χ4v) is 1.83. The third-order valence-corrected chi connectivity index (χ3v) is 2.47. The van der Waals surface area contributed by atoms with E-state index in [0.717, 1.165) is 11.1 Å². The van der Waals surface area contributed by atoms with E-state index in [1.165, 1.54) is 0 Å². The van der Waals surface area contributed by atoms with Gasteiger partial charge < -0.3 is 0 Å². The zero-order chi connectivity index (χ0) is 11.8. The van der Waals surface area contributed by atoms with Gasteiger partial charge in [-0.05, 0) is 11.1 Å². The lowest BCUT2D eigenvalue weighted by Gasteiger charge is -2.14. The Kier molecular flexibility index (Phi) is 1.91. The minimum atomic E-state index is -1.98. The molecule has 1 aliphatic carbocycles. The predicted molar refractivity (Wildman–Crippen MR) is 54.6 cm³/mol. The Hall–Kier alpha value is -1.33. The van der Waals surface area contributed by atoms with Gasteiger partial charge in [-0.2, -0.15) is 0 Å². The van der Waals surface area contributed by atoms with Crippen molar-refractivity contribution in [2.75, 3.05) is 6.50 Å². The van der Waals surface area contributed by atoms with Gasteiger partial charge >= 0.3 is 0 Å². The number of hydrogen-bond donors (Lipinski definition) is 1. The minimum Gasteiger partial charge on any atom is -0.297 e. The zero-order valence-electron chi connectivity index (χ0n) is 9.63. The first-order valence-corrected chi connectivity index (χ1v) is 4.51. The summed E-state index contributed by atoms with van der Waals surface area (Å²) in [5, 5.41) is 2.53. The number of alkyl halides is 1. The van der Waals surface area contributed by atoms with Crippen LogP contribution in [0.2, 0.25) is 0 Å². The third-order valence-electron chi connectivity index (χ3n) is 2.47. The van der Waals surface area contributed by atoms with E-state index in [4.69, 9.17) is 9.16 Å². The second kappa shape index (κ2) is 3.81. The topological polar surface area (TPSA) is 12.0 Å². The molecule has 1 aliphatic rings. The third kappa shape index (κ3) is 1.51. The molecule has 0 spiro atoms. The van der Waals surface area contributed by atoms with Crippen LogP contribution in [0.15, 0.2) is 24.3 Å². The predicted octanol–water partition coefficient (Wildman–Crippen LogP) is 1.84. The fraction of sp³-hybridized carbons (Fsp3) is 0.333. The molecule has 0 saturated heterocycles. The summed E-state index contributed by atoms with van der Waals surface area (Å²) in [6.07, 6.45) is 4.23. The van der Waals surface area contributed by atoms with Crippen molar-refractivity contribution in [1.29, 1.82) is 0 Å². The van der Waals surface area contributed by atoms with Gasteiger partial charge in [-0.25, -0.2) is 4.39 Å². The zero-order valence-corrected chi connectivity index (χ0v) is 7.63. The number of halogens is 1. The standard InChI is InChI=1S/C12H12FN/c1-2-7-14-12-10-6-4-3-5-9(10)8-11(12)13/h1,3-6,11-12,14H,7-8H2/i7D2,13-1. The van der Waals surface area contributed by atoms with Gasteiger partial charge in [0.25, 0.3) is 0 Å². The van der Waals surface area contributed by atoms with Gasteiger partial charge in [0.05, 0.1) is 15.3 Å². The smallest absolute Gasteiger partial charge is 0.124 e. The van der Waals surface area contributed by atoms with E-state index < -0.39 is 18.7 Å². The van der Waals surface area contributed by atoms with Crippen molar-refractivity contribution in [3.63, 3.8) is 0 Å². The van der Waals surface area contributed by atoms with Crippen molar-refractivity contribution in [2.45, 2.75) is 18.6 Å². The number of rotatable bonds is 2. The molecule has 1 nitrogen and oxygen atoms in total. The molecule has 72 valence electrons. The SMILES string of the molecule is [2H]C([2H])(C#C)NC1c2ccccc2CC1[18F]. The van der Waals surface area contributed by atoms with E-state index in [-0.39, 0.29) is 0 Å². The quantitative estimate of drug-likeness (QED) is 0.702. The van der Waals surface area contributed by atoms with Crippen LogP contribution in [0.5, 0.6) is 0 Å². The number of benzene rings is 1. The second-order valence-electron chi connectivity index (χ2n) is 3.31. The maximum atomic E-state index is 13.7. The summed E-state index contributed by atoms with van der Waals surface area (Å²) in [6.45, 7) is -1.98. The Labute approximate surface area is 86.1 Å². The fourth-order valence-electron chi connectivity index (χ4n) is 1.83. The monoisotopic (exact) mass is 190 g/mol. The van der Waals surface area contributed by atoms with Gasteiger partial charge in [-0.15, -0.1) is 6.42 Å². The molecule has 2 atom stereocenters. The lowest BCUT2D eigenvalue weighted by molar-refractivity contribution is 0.275. The molecule has 0 fully saturated rings. The summed E-state index contributed by atoms with van der Waals surface area (Å²) in [7, 11) is 0. The number of terminal acetylenes is 1. The highest BCUT2D eigenvalue weighted by atomic mass is 18.2. The van der Waals surface area contributed by atoms with E-state index in [1.807, 2.05) is 24.1 Å². The maximum Gasteiger partial charge on any atom is 0.124 e. The lowest BCUT2D eigenvalue weighted by atomic mass is 10.1. The van der Waals surface area contributed by atoms with Crippen LogP contribution in [0.1, 0.15) is 19.9 Å². The first-order chi connectivity index (χ1) is 7.53. The number of fused-ring (bicyclic) bond motifs is 1. The summed E-state index contributed by atoms with van der Waals surface area (Å²) in [6, 6.07) is 6.68. The molecule has 2 rings (SSSR count). The summed E-state index contributed by atoms with van der Waals surface area (Å²) in [4.78, 5) is 0. The molecule has 0 aromatic heterocycles. The van der Waals surface area contributed by atoms with E-state index in [1.54, 1.807) is 6.07 Å². The summed E-state index contributed by atoms with van der Waals surface area (Å²) >= 11 is 0. The average Bonchev–Trinajstić information content (AvgIpc) is 2.56. The van der Waals surface area contributed by atoms with Gasteiger partial charge in [0, 0.05) is 6.42 Å². The summed E-state index contributed by atoms with van der Waals surface area (Å²) in [5.41, 5.74) is 1.72. The highest BCUT2D eigenvalue weighted by Gasteiger charge is 2.31. The number of nitrogens with one attached hydrogen (secondary N) is 1. The first kappa shape index (κ1) is 7.03.